The normalized spacial score (nSPS) is 9.92. The van der Waals surface area contributed by atoms with Gasteiger partial charge in [-0.15, -0.1) is 11.6 Å². The van der Waals surface area contributed by atoms with E-state index in [1.54, 1.807) is 0 Å². The van der Waals surface area contributed by atoms with Gasteiger partial charge in [-0.25, -0.2) is 0 Å². The van der Waals surface area contributed by atoms with E-state index in [1.807, 2.05) is 26.0 Å². The molecule has 12 heavy (non-hydrogen) atoms. The lowest BCUT2D eigenvalue weighted by atomic mass is 10.3. The van der Waals surface area contributed by atoms with Gasteiger partial charge in [0.15, 0.2) is 0 Å². The Hall–Kier alpha value is -0.760. The third kappa shape index (κ3) is 2.11. The molecule has 1 heterocycles. The number of aromatic nitrogens is 1. The van der Waals surface area contributed by atoms with Gasteiger partial charge in [-0.05, 0) is 26.0 Å². The number of alkyl halides is 1. The van der Waals surface area contributed by atoms with Crippen LogP contribution >= 0.6 is 11.6 Å². The number of halogens is 1. The highest BCUT2D eigenvalue weighted by Gasteiger charge is 2.02. The average molecular weight is 186 g/mol. The Bertz CT molecular complexity index is 263. The molecule has 0 fully saturated rings. The van der Waals surface area contributed by atoms with Crippen molar-refractivity contribution < 1.29 is 4.74 Å². The van der Waals surface area contributed by atoms with E-state index in [9.17, 15) is 0 Å². The summed E-state index contributed by atoms with van der Waals surface area (Å²) in [6, 6.07) is 3.82. The van der Waals surface area contributed by atoms with Crippen LogP contribution in [0.5, 0.6) is 5.75 Å². The van der Waals surface area contributed by atoms with E-state index in [4.69, 9.17) is 16.3 Å². The number of pyridine rings is 1. The van der Waals surface area contributed by atoms with E-state index in [-0.39, 0.29) is 0 Å². The fourth-order valence-corrected chi connectivity index (χ4v) is 1.17. The summed E-state index contributed by atoms with van der Waals surface area (Å²) in [7, 11) is 0. The number of ether oxygens (including phenoxy) is 1. The molecule has 3 heteroatoms. The van der Waals surface area contributed by atoms with Gasteiger partial charge in [0.25, 0.3) is 0 Å². The first-order valence-electron chi connectivity index (χ1n) is 3.93. The Kier molecular flexibility index (Phi) is 3.35. The van der Waals surface area contributed by atoms with Crippen LogP contribution in [0.2, 0.25) is 0 Å². The smallest absolute Gasteiger partial charge is 0.142 e. The second kappa shape index (κ2) is 4.31. The summed E-state index contributed by atoms with van der Waals surface area (Å²) in [5.41, 5.74) is 1.78. The van der Waals surface area contributed by atoms with Crippen LogP contribution in [0, 0.1) is 6.92 Å². The molecule has 1 rings (SSSR count). The lowest BCUT2D eigenvalue weighted by Gasteiger charge is -2.07. The minimum atomic E-state index is 0.400. The van der Waals surface area contributed by atoms with Gasteiger partial charge in [0.1, 0.15) is 5.75 Å². The van der Waals surface area contributed by atoms with Crippen LogP contribution in [0.25, 0.3) is 0 Å². The summed E-state index contributed by atoms with van der Waals surface area (Å²) in [5.74, 6) is 1.19. The topological polar surface area (TPSA) is 22.1 Å². The van der Waals surface area contributed by atoms with E-state index < -0.39 is 0 Å². The van der Waals surface area contributed by atoms with Crippen molar-refractivity contribution in [1.29, 1.82) is 0 Å². The number of nitrogens with zero attached hydrogens (tertiary/aromatic N) is 1. The predicted molar refractivity (Wildman–Crippen MR) is 49.7 cm³/mol. The first-order valence-corrected chi connectivity index (χ1v) is 4.46. The van der Waals surface area contributed by atoms with Crippen molar-refractivity contribution in [3.63, 3.8) is 0 Å². The maximum Gasteiger partial charge on any atom is 0.142 e. The highest BCUT2D eigenvalue weighted by Crippen LogP contribution is 2.18. The molecule has 0 atom stereocenters. The van der Waals surface area contributed by atoms with Crippen molar-refractivity contribution >= 4 is 11.6 Å². The van der Waals surface area contributed by atoms with Crippen molar-refractivity contribution in [3.05, 3.63) is 23.5 Å². The molecule has 0 amide bonds. The second-order valence-electron chi connectivity index (χ2n) is 2.46. The van der Waals surface area contributed by atoms with Crippen LogP contribution in [-0.4, -0.2) is 11.6 Å². The summed E-state index contributed by atoms with van der Waals surface area (Å²) in [6.07, 6.45) is 0. The summed E-state index contributed by atoms with van der Waals surface area (Å²) < 4.78 is 5.34. The minimum Gasteiger partial charge on any atom is -0.492 e. The highest BCUT2D eigenvalue weighted by molar-refractivity contribution is 6.17. The van der Waals surface area contributed by atoms with E-state index >= 15 is 0 Å². The van der Waals surface area contributed by atoms with Crippen LogP contribution in [0.15, 0.2) is 12.1 Å². The van der Waals surface area contributed by atoms with E-state index in [0.717, 1.165) is 17.1 Å². The molecular formula is C9H12ClNO. The maximum atomic E-state index is 5.70. The van der Waals surface area contributed by atoms with E-state index in [1.165, 1.54) is 0 Å². The SMILES string of the molecule is CCOc1ccc(C)nc1CCl. The molecule has 0 radical (unpaired) electrons. The molecule has 0 saturated heterocycles. The Balaban J connectivity index is 2.94. The minimum absolute atomic E-state index is 0.400. The zero-order valence-electron chi connectivity index (χ0n) is 7.30. The fraction of sp³-hybridized carbons (Fsp3) is 0.444. The average Bonchev–Trinajstić information content (AvgIpc) is 2.08. The summed E-state index contributed by atoms with van der Waals surface area (Å²) in [6.45, 7) is 4.53. The second-order valence-corrected chi connectivity index (χ2v) is 2.73. The van der Waals surface area contributed by atoms with Crippen LogP contribution in [0.4, 0.5) is 0 Å². The standard InChI is InChI=1S/C9H12ClNO/c1-3-12-9-5-4-7(2)11-8(9)6-10/h4-5H,3,6H2,1-2H3. The Labute approximate surface area is 77.5 Å². The first-order chi connectivity index (χ1) is 5.77. The maximum absolute atomic E-state index is 5.70. The van der Waals surface area contributed by atoms with E-state index in [2.05, 4.69) is 4.98 Å². The van der Waals surface area contributed by atoms with Crippen LogP contribution in [0.3, 0.4) is 0 Å². The van der Waals surface area contributed by atoms with Gasteiger partial charge in [0.2, 0.25) is 0 Å². The van der Waals surface area contributed by atoms with Crippen molar-refractivity contribution in [2.45, 2.75) is 19.7 Å². The third-order valence-corrected chi connectivity index (χ3v) is 1.75. The lowest BCUT2D eigenvalue weighted by molar-refractivity contribution is 0.335. The summed E-state index contributed by atoms with van der Waals surface area (Å²) in [4.78, 5) is 4.25. The van der Waals surface area contributed by atoms with Gasteiger partial charge in [0.05, 0.1) is 18.2 Å². The van der Waals surface area contributed by atoms with E-state index in [0.29, 0.717) is 12.5 Å². The molecule has 0 N–H and O–H groups in total. The zero-order valence-corrected chi connectivity index (χ0v) is 8.06. The van der Waals surface area contributed by atoms with Crippen molar-refractivity contribution in [1.82, 2.24) is 4.98 Å². The van der Waals surface area contributed by atoms with Crippen molar-refractivity contribution in [2.24, 2.45) is 0 Å². The Morgan fingerprint density at radius 3 is 2.83 bits per heavy atom. The van der Waals surface area contributed by atoms with Gasteiger partial charge in [-0.2, -0.15) is 0 Å². The molecule has 0 aliphatic heterocycles. The molecule has 0 aromatic carbocycles. The van der Waals surface area contributed by atoms with Gasteiger partial charge in [-0.3, -0.25) is 4.98 Å². The number of hydrogen-bond acceptors (Lipinski definition) is 2. The molecule has 0 bridgehead atoms. The lowest BCUT2D eigenvalue weighted by Crippen LogP contribution is -1.98. The zero-order chi connectivity index (χ0) is 8.97. The fourth-order valence-electron chi connectivity index (χ4n) is 0.980. The monoisotopic (exact) mass is 185 g/mol. The van der Waals surface area contributed by atoms with Crippen LogP contribution < -0.4 is 4.74 Å². The molecular weight excluding hydrogens is 174 g/mol. The molecule has 66 valence electrons. The molecule has 0 unspecified atom stereocenters. The van der Waals surface area contributed by atoms with Gasteiger partial charge < -0.3 is 4.74 Å². The molecule has 2 nitrogen and oxygen atoms in total. The quantitative estimate of drug-likeness (QED) is 0.676. The molecule has 1 aromatic rings. The Morgan fingerprint density at radius 2 is 2.25 bits per heavy atom. The first kappa shape index (κ1) is 9.33. The van der Waals surface area contributed by atoms with Crippen LogP contribution in [0.1, 0.15) is 18.3 Å². The highest BCUT2D eigenvalue weighted by atomic mass is 35.5. The molecule has 1 aromatic heterocycles. The predicted octanol–water partition coefficient (Wildman–Crippen LogP) is 2.53. The summed E-state index contributed by atoms with van der Waals surface area (Å²) in [5, 5.41) is 0. The summed E-state index contributed by atoms with van der Waals surface area (Å²) >= 11 is 5.70. The largest absolute Gasteiger partial charge is 0.492 e. The number of aryl methyl sites for hydroxylation is 1. The molecule has 0 aliphatic carbocycles. The number of hydrogen-bond donors (Lipinski definition) is 0. The van der Waals surface area contributed by atoms with Gasteiger partial charge >= 0.3 is 0 Å². The third-order valence-electron chi connectivity index (χ3n) is 1.50. The van der Waals surface area contributed by atoms with Gasteiger partial charge in [-0.1, -0.05) is 0 Å². The Morgan fingerprint density at radius 1 is 1.50 bits per heavy atom. The van der Waals surface area contributed by atoms with Crippen molar-refractivity contribution in [3.8, 4) is 5.75 Å². The molecule has 0 aliphatic rings. The molecule has 0 saturated carbocycles. The molecule has 0 spiro atoms. The number of rotatable bonds is 3. The van der Waals surface area contributed by atoms with Gasteiger partial charge in [0, 0.05) is 5.69 Å². The van der Waals surface area contributed by atoms with Crippen molar-refractivity contribution in [2.75, 3.05) is 6.61 Å². The van der Waals surface area contributed by atoms with Crippen LogP contribution in [-0.2, 0) is 5.88 Å².